The van der Waals surface area contributed by atoms with Gasteiger partial charge in [-0.3, -0.25) is 4.79 Å². The maximum Gasteiger partial charge on any atom is 0.337 e. The first-order valence-electron chi connectivity index (χ1n) is 3.77. The van der Waals surface area contributed by atoms with Crippen molar-refractivity contribution >= 4 is 18.1 Å². The number of carbonyl (C=O) groups is 2. The van der Waals surface area contributed by atoms with Crippen LogP contribution in [0.2, 0.25) is 0 Å². The van der Waals surface area contributed by atoms with E-state index < -0.39 is 5.97 Å². The molecule has 0 aliphatic heterocycles. The number of carbonyl (C=O) groups excluding carboxylic acids is 2. The average Bonchev–Trinajstić information content (AvgIpc) is 2.20. The quantitative estimate of drug-likeness (QED) is 0.434. The summed E-state index contributed by atoms with van der Waals surface area (Å²) in [6.45, 7) is 0.267. The Hall–Kier alpha value is -2.04. The lowest BCUT2D eigenvalue weighted by Crippen LogP contribution is -2.03. The minimum Gasteiger partial charge on any atom is -0.465 e. The van der Waals surface area contributed by atoms with Crippen molar-refractivity contribution in [1.82, 2.24) is 0 Å². The number of hydrogen-bond donors (Lipinski definition) is 1. The summed E-state index contributed by atoms with van der Waals surface area (Å²) in [4.78, 5) is 21.1. The molecular formula is C9H9NO4. The second kappa shape index (κ2) is 4.27. The number of esters is 1. The number of benzene rings is 1. The van der Waals surface area contributed by atoms with Gasteiger partial charge < -0.3 is 15.2 Å². The fourth-order valence-corrected chi connectivity index (χ4v) is 0.952. The standard InChI is InChI=1S/C9H9NO4/c1-13-9(12)6-2-3-8(14-5-11)7(10)4-6/h2-5H,10H2,1H3. The van der Waals surface area contributed by atoms with Crippen LogP contribution < -0.4 is 10.5 Å². The summed E-state index contributed by atoms with van der Waals surface area (Å²) < 4.78 is 9.03. The highest BCUT2D eigenvalue weighted by Gasteiger charge is 2.08. The molecule has 74 valence electrons. The zero-order chi connectivity index (χ0) is 10.6. The van der Waals surface area contributed by atoms with Crippen molar-refractivity contribution in [1.29, 1.82) is 0 Å². The molecule has 1 aromatic carbocycles. The summed E-state index contributed by atoms with van der Waals surface area (Å²) in [5.41, 5.74) is 6.03. The van der Waals surface area contributed by atoms with E-state index >= 15 is 0 Å². The van der Waals surface area contributed by atoms with E-state index in [4.69, 9.17) is 5.73 Å². The van der Waals surface area contributed by atoms with E-state index in [1.54, 1.807) is 0 Å². The molecule has 0 bridgehead atoms. The Bertz CT molecular complexity index is 362. The maximum atomic E-state index is 11.0. The van der Waals surface area contributed by atoms with Gasteiger partial charge in [-0.05, 0) is 18.2 Å². The monoisotopic (exact) mass is 195 g/mol. The fourth-order valence-electron chi connectivity index (χ4n) is 0.952. The van der Waals surface area contributed by atoms with Crippen LogP contribution in [0.25, 0.3) is 0 Å². The third kappa shape index (κ3) is 2.01. The van der Waals surface area contributed by atoms with E-state index in [9.17, 15) is 9.59 Å². The molecule has 2 N–H and O–H groups in total. The van der Waals surface area contributed by atoms with Gasteiger partial charge in [0.15, 0.2) is 5.75 Å². The van der Waals surface area contributed by atoms with Crippen LogP contribution in [-0.4, -0.2) is 19.6 Å². The third-order valence-electron chi connectivity index (χ3n) is 1.61. The molecule has 0 aliphatic carbocycles. The second-order valence-electron chi connectivity index (χ2n) is 2.46. The molecule has 0 amide bonds. The zero-order valence-corrected chi connectivity index (χ0v) is 7.52. The first-order chi connectivity index (χ1) is 6.69. The van der Waals surface area contributed by atoms with Crippen LogP contribution in [0.4, 0.5) is 5.69 Å². The van der Waals surface area contributed by atoms with E-state index in [2.05, 4.69) is 9.47 Å². The fraction of sp³-hybridized carbons (Fsp3) is 0.111. The van der Waals surface area contributed by atoms with Crippen molar-refractivity contribution in [3.05, 3.63) is 23.8 Å². The van der Waals surface area contributed by atoms with E-state index in [0.29, 0.717) is 5.56 Å². The van der Waals surface area contributed by atoms with Gasteiger partial charge in [-0.25, -0.2) is 4.79 Å². The zero-order valence-electron chi connectivity index (χ0n) is 7.52. The number of nitrogen functional groups attached to an aromatic ring is 1. The molecule has 1 aromatic rings. The van der Waals surface area contributed by atoms with Crippen LogP contribution in [-0.2, 0) is 9.53 Å². The summed E-state index contributed by atoms with van der Waals surface area (Å²) >= 11 is 0. The Balaban J connectivity index is 2.99. The maximum absolute atomic E-state index is 11.0. The number of hydrogen-bond acceptors (Lipinski definition) is 5. The minimum atomic E-state index is -0.491. The van der Waals surface area contributed by atoms with Crippen molar-refractivity contribution in [2.24, 2.45) is 0 Å². The highest BCUT2D eigenvalue weighted by molar-refractivity contribution is 5.91. The van der Waals surface area contributed by atoms with Gasteiger partial charge in [0.2, 0.25) is 0 Å². The van der Waals surface area contributed by atoms with Gasteiger partial charge in [0, 0.05) is 0 Å². The number of methoxy groups -OCH3 is 1. The molecule has 0 atom stereocenters. The summed E-state index contributed by atoms with van der Waals surface area (Å²) in [6, 6.07) is 4.27. The third-order valence-corrected chi connectivity index (χ3v) is 1.61. The van der Waals surface area contributed by atoms with E-state index in [0.717, 1.165) is 0 Å². The summed E-state index contributed by atoms with van der Waals surface area (Å²) in [6.07, 6.45) is 0. The van der Waals surface area contributed by atoms with Crippen LogP contribution in [0.3, 0.4) is 0 Å². The van der Waals surface area contributed by atoms with Gasteiger partial charge in [0.05, 0.1) is 18.4 Å². The molecule has 0 heterocycles. The average molecular weight is 195 g/mol. The normalized spacial score (nSPS) is 9.21. The van der Waals surface area contributed by atoms with Gasteiger partial charge in [0.25, 0.3) is 6.47 Å². The Morgan fingerprint density at radius 3 is 2.71 bits per heavy atom. The first-order valence-corrected chi connectivity index (χ1v) is 3.77. The number of anilines is 1. The van der Waals surface area contributed by atoms with Crippen LogP contribution in [0.15, 0.2) is 18.2 Å². The van der Waals surface area contributed by atoms with Crippen molar-refractivity contribution in [3.8, 4) is 5.75 Å². The molecule has 0 unspecified atom stereocenters. The first kappa shape index (κ1) is 10.0. The largest absolute Gasteiger partial charge is 0.465 e. The molecule has 5 heteroatoms. The molecule has 0 spiro atoms. The molecule has 5 nitrogen and oxygen atoms in total. The minimum absolute atomic E-state index is 0.208. The lowest BCUT2D eigenvalue weighted by Gasteiger charge is -2.04. The Morgan fingerprint density at radius 1 is 1.50 bits per heavy atom. The lowest BCUT2D eigenvalue weighted by molar-refractivity contribution is -0.120. The Labute approximate surface area is 80.4 Å². The van der Waals surface area contributed by atoms with Crippen LogP contribution >= 0.6 is 0 Å². The van der Waals surface area contributed by atoms with Gasteiger partial charge >= 0.3 is 5.97 Å². The van der Waals surface area contributed by atoms with Gasteiger partial charge in [-0.2, -0.15) is 0 Å². The van der Waals surface area contributed by atoms with E-state index in [1.807, 2.05) is 0 Å². The van der Waals surface area contributed by atoms with Crippen molar-refractivity contribution < 1.29 is 19.1 Å². The second-order valence-corrected chi connectivity index (χ2v) is 2.46. The summed E-state index contributed by atoms with van der Waals surface area (Å²) in [5.74, 6) is -0.276. The molecule has 0 radical (unpaired) electrons. The molecule has 0 fully saturated rings. The van der Waals surface area contributed by atoms with Gasteiger partial charge in [-0.15, -0.1) is 0 Å². The predicted molar refractivity (Wildman–Crippen MR) is 48.9 cm³/mol. The molecule has 0 aliphatic rings. The topological polar surface area (TPSA) is 78.6 Å². The highest BCUT2D eigenvalue weighted by Crippen LogP contribution is 2.22. The smallest absolute Gasteiger partial charge is 0.337 e. The molecule has 14 heavy (non-hydrogen) atoms. The Morgan fingerprint density at radius 2 is 2.21 bits per heavy atom. The molecule has 0 saturated heterocycles. The van der Waals surface area contributed by atoms with E-state index in [-0.39, 0.29) is 17.9 Å². The predicted octanol–water partition coefficient (Wildman–Crippen LogP) is 0.591. The van der Waals surface area contributed by atoms with Crippen LogP contribution in [0.1, 0.15) is 10.4 Å². The SMILES string of the molecule is COC(=O)c1ccc(OC=O)c(N)c1. The van der Waals surface area contributed by atoms with Crippen molar-refractivity contribution in [2.75, 3.05) is 12.8 Å². The number of ether oxygens (including phenoxy) is 2. The van der Waals surface area contributed by atoms with Crippen molar-refractivity contribution in [2.45, 2.75) is 0 Å². The van der Waals surface area contributed by atoms with E-state index in [1.165, 1.54) is 25.3 Å². The summed E-state index contributed by atoms with van der Waals surface area (Å²) in [5, 5.41) is 0. The van der Waals surface area contributed by atoms with Gasteiger partial charge in [0.1, 0.15) is 0 Å². The van der Waals surface area contributed by atoms with Crippen molar-refractivity contribution in [3.63, 3.8) is 0 Å². The highest BCUT2D eigenvalue weighted by atomic mass is 16.5. The molecular weight excluding hydrogens is 186 g/mol. The Kier molecular flexibility index (Phi) is 3.06. The molecule has 0 aromatic heterocycles. The molecule has 0 saturated carbocycles. The van der Waals surface area contributed by atoms with Gasteiger partial charge in [-0.1, -0.05) is 0 Å². The number of nitrogens with two attached hydrogens (primary N) is 1. The summed E-state index contributed by atoms with van der Waals surface area (Å²) in [7, 11) is 1.27. The molecule has 1 rings (SSSR count). The number of rotatable bonds is 3. The van der Waals surface area contributed by atoms with Crippen LogP contribution in [0.5, 0.6) is 5.75 Å². The van der Waals surface area contributed by atoms with Crippen LogP contribution in [0, 0.1) is 0 Å². The lowest BCUT2D eigenvalue weighted by atomic mass is 10.2.